The maximum absolute atomic E-state index is 13.2. The lowest BCUT2D eigenvalue weighted by atomic mass is 9.93. The largest absolute Gasteiger partial charge is 0.494 e. The van der Waals surface area contributed by atoms with Gasteiger partial charge in [-0.1, -0.05) is 24.3 Å². The SMILES string of the molecule is CCOc1ccc(/C=C2\C[NH+](C(C)C)C/C(=C\c3ccc(OCC)cc3)C2=O)cc1. The average Bonchev–Trinajstić information content (AvgIpc) is 2.74. The molecule has 0 aromatic heterocycles. The molecule has 30 heavy (non-hydrogen) atoms. The molecule has 0 spiro atoms. The lowest BCUT2D eigenvalue weighted by molar-refractivity contribution is -0.912. The number of piperidine rings is 1. The summed E-state index contributed by atoms with van der Waals surface area (Å²) in [6, 6.07) is 16.3. The number of likely N-dealkylation sites (tertiary alicyclic amines) is 1. The van der Waals surface area contributed by atoms with Crippen LogP contribution in [0.15, 0.2) is 59.7 Å². The topological polar surface area (TPSA) is 40.0 Å². The van der Waals surface area contributed by atoms with Crippen LogP contribution in [0.4, 0.5) is 0 Å². The van der Waals surface area contributed by atoms with E-state index in [-0.39, 0.29) is 5.78 Å². The zero-order chi connectivity index (χ0) is 21.5. The van der Waals surface area contributed by atoms with E-state index >= 15 is 0 Å². The quantitative estimate of drug-likeness (QED) is 0.711. The Labute approximate surface area is 179 Å². The van der Waals surface area contributed by atoms with Crippen molar-refractivity contribution in [3.05, 3.63) is 70.8 Å². The van der Waals surface area contributed by atoms with Crippen molar-refractivity contribution < 1.29 is 19.2 Å². The molecule has 0 unspecified atom stereocenters. The highest BCUT2D eigenvalue weighted by Crippen LogP contribution is 2.20. The zero-order valence-electron chi connectivity index (χ0n) is 18.4. The Bertz CT molecular complexity index is 837. The second-order valence-electron chi connectivity index (χ2n) is 7.84. The molecule has 0 atom stereocenters. The third-order valence-corrected chi connectivity index (χ3v) is 5.30. The van der Waals surface area contributed by atoms with Gasteiger partial charge in [0.2, 0.25) is 0 Å². The van der Waals surface area contributed by atoms with Crippen LogP contribution in [0.5, 0.6) is 11.5 Å². The molecule has 3 rings (SSSR count). The van der Waals surface area contributed by atoms with Crippen LogP contribution < -0.4 is 14.4 Å². The third-order valence-electron chi connectivity index (χ3n) is 5.30. The average molecular weight is 407 g/mol. The lowest BCUT2D eigenvalue weighted by Crippen LogP contribution is -3.16. The molecule has 4 nitrogen and oxygen atoms in total. The maximum Gasteiger partial charge on any atom is 0.196 e. The molecule has 0 saturated carbocycles. The summed E-state index contributed by atoms with van der Waals surface area (Å²) >= 11 is 0. The van der Waals surface area contributed by atoms with Gasteiger partial charge >= 0.3 is 0 Å². The lowest BCUT2D eigenvalue weighted by Gasteiger charge is -2.30. The van der Waals surface area contributed by atoms with Gasteiger partial charge in [-0.15, -0.1) is 0 Å². The van der Waals surface area contributed by atoms with Gasteiger partial charge < -0.3 is 14.4 Å². The van der Waals surface area contributed by atoms with E-state index in [4.69, 9.17) is 9.47 Å². The number of rotatable bonds is 7. The van der Waals surface area contributed by atoms with Gasteiger partial charge in [-0.3, -0.25) is 4.79 Å². The van der Waals surface area contributed by atoms with Crippen molar-refractivity contribution in [1.29, 1.82) is 0 Å². The van der Waals surface area contributed by atoms with Crippen LogP contribution in [-0.2, 0) is 4.79 Å². The Morgan fingerprint density at radius 1 is 0.800 bits per heavy atom. The summed E-state index contributed by atoms with van der Waals surface area (Å²) in [6.45, 7) is 11.1. The van der Waals surface area contributed by atoms with Crippen molar-refractivity contribution in [2.45, 2.75) is 33.7 Å². The highest BCUT2D eigenvalue weighted by Gasteiger charge is 2.30. The number of carbonyl (C=O) groups excluding carboxylic acids is 1. The maximum atomic E-state index is 13.2. The van der Waals surface area contributed by atoms with Crippen LogP contribution >= 0.6 is 0 Å². The summed E-state index contributed by atoms with van der Waals surface area (Å²) < 4.78 is 11.0. The zero-order valence-corrected chi connectivity index (χ0v) is 18.4. The molecule has 158 valence electrons. The number of ketones is 1. The first-order valence-electron chi connectivity index (χ1n) is 10.8. The first-order chi connectivity index (χ1) is 14.5. The molecule has 2 aromatic rings. The molecular weight excluding hydrogens is 374 g/mol. The minimum absolute atomic E-state index is 0.141. The molecule has 0 amide bonds. The van der Waals surface area contributed by atoms with Crippen LogP contribution in [0.3, 0.4) is 0 Å². The van der Waals surface area contributed by atoms with E-state index in [1.807, 2.05) is 74.5 Å². The van der Waals surface area contributed by atoms with Gasteiger partial charge in [0.1, 0.15) is 24.6 Å². The summed E-state index contributed by atoms with van der Waals surface area (Å²) in [7, 11) is 0. The number of Topliss-reactive ketones (excluding diaryl/α,β-unsaturated/α-hetero) is 1. The number of nitrogens with one attached hydrogen (secondary N) is 1. The summed E-state index contributed by atoms with van der Waals surface area (Å²) in [6.07, 6.45) is 4.04. The van der Waals surface area contributed by atoms with Crippen LogP contribution in [0.2, 0.25) is 0 Å². The molecule has 1 heterocycles. The fourth-order valence-corrected chi connectivity index (χ4v) is 3.62. The van der Waals surface area contributed by atoms with Crippen LogP contribution in [0.1, 0.15) is 38.8 Å². The second kappa shape index (κ2) is 10.3. The van der Waals surface area contributed by atoms with Crippen molar-refractivity contribution in [2.75, 3.05) is 26.3 Å². The number of ether oxygens (including phenoxy) is 2. The predicted octanol–water partition coefficient (Wildman–Crippen LogP) is 3.83. The van der Waals surface area contributed by atoms with Gasteiger partial charge in [-0.25, -0.2) is 0 Å². The van der Waals surface area contributed by atoms with E-state index in [1.54, 1.807) is 0 Å². The van der Waals surface area contributed by atoms with E-state index < -0.39 is 0 Å². The number of benzene rings is 2. The standard InChI is InChI=1S/C26H31NO3/c1-5-29-24-11-7-20(8-12-24)15-22-17-27(19(3)4)18-23(26(22)28)16-21-9-13-25(14-10-21)30-6-2/h7-16,19H,5-6,17-18H2,1-4H3/p+1/b22-15+,23-16+. The first-order valence-corrected chi connectivity index (χ1v) is 10.8. The third kappa shape index (κ3) is 5.61. The van der Waals surface area contributed by atoms with Gasteiger partial charge in [0.15, 0.2) is 5.78 Å². The minimum atomic E-state index is 0.141. The van der Waals surface area contributed by atoms with E-state index in [1.165, 1.54) is 4.90 Å². The monoisotopic (exact) mass is 406 g/mol. The van der Waals surface area contributed by atoms with Gasteiger partial charge in [0.25, 0.3) is 0 Å². The van der Waals surface area contributed by atoms with E-state index in [0.717, 1.165) is 46.9 Å². The number of hydrogen-bond acceptors (Lipinski definition) is 3. The van der Waals surface area contributed by atoms with Gasteiger partial charge in [0, 0.05) is 0 Å². The normalized spacial score (nSPS) is 19.5. The summed E-state index contributed by atoms with van der Waals surface area (Å²) in [5.74, 6) is 1.84. The molecule has 0 radical (unpaired) electrons. The Morgan fingerprint density at radius 3 is 1.53 bits per heavy atom. The molecule has 1 aliphatic heterocycles. The van der Waals surface area contributed by atoms with Crippen molar-refractivity contribution >= 4 is 17.9 Å². The molecule has 4 heteroatoms. The fraction of sp³-hybridized carbons (Fsp3) is 0.346. The van der Waals surface area contributed by atoms with Crippen molar-refractivity contribution in [1.82, 2.24) is 0 Å². The molecule has 1 saturated heterocycles. The van der Waals surface area contributed by atoms with Crippen molar-refractivity contribution in [2.24, 2.45) is 0 Å². The minimum Gasteiger partial charge on any atom is -0.494 e. The molecule has 0 aliphatic carbocycles. The van der Waals surface area contributed by atoms with E-state index in [0.29, 0.717) is 19.3 Å². The smallest absolute Gasteiger partial charge is 0.196 e. The molecule has 1 N–H and O–H groups in total. The summed E-state index contributed by atoms with van der Waals surface area (Å²) in [5, 5.41) is 0. The Morgan fingerprint density at radius 2 is 1.20 bits per heavy atom. The number of carbonyl (C=O) groups is 1. The highest BCUT2D eigenvalue weighted by molar-refractivity contribution is 6.14. The summed E-state index contributed by atoms with van der Waals surface area (Å²) in [5.41, 5.74) is 3.75. The van der Waals surface area contributed by atoms with Crippen LogP contribution in [0.25, 0.3) is 12.2 Å². The van der Waals surface area contributed by atoms with Gasteiger partial charge in [0.05, 0.1) is 30.4 Å². The Balaban J connectivity index is 1.87. The Hall–Kier alpha value is -2.85. The second-order valence-corrected chi connectivity index (χ2v) is 7.84. The fourth-order valence-electron chi connectivity index (χ4n) is 3.62. The number of hydrogen-bond donors (Lipinski definition) is 1. The first kappa shape index (κ1) is 21.8. The van der Waals surface area contributed by atoms with Crippen LogP contribution in [-0.4, -0.2) is 38.1 Å². The predicted molar refractivity (Wildman–Crippen MR) is 122 cm³/mol. The molecule has 1 aliphatic rings. The highest BCUT2D eigenvalue weighted by atomic mass is 16.5. The Kier molecular flexibility index (Phi) is 7.47. The number of quaternary nitrogens is 1. The molecule has 0 bridgehead atoms. The van der Waals surface area contributed by atoms with Crippen LogP contribution in [0, 0.1) is 0 Å². The van der Waals surface area contributed by atoms with E-state index in [2.05, 4.69) is 13.8 Å². The summed E-state index contributed by atoms with van der Waals surface area (Å²) in [4.78, 5) is 14.6. The molecular formula is C26H32NO3+. The molecule has 1 fully saturated rings. The van der Waals surface area contributed by atoms with Gasteiger partial charge in [-0.2, -0.15) is 0 Å². The molecule has 2 aromatic carbocycles. The van der Waals surface area contributed by atoms with Gasteiger partial charge in [-0.05, 0) is 75.2 Å². The van der Waals surface area contributed by atoms with Crippen molar-refractivity contribution in [3.8, 4) is 11.5 Å². The van der Waals surface area contributed by atoms with E-state index in [9.17, 15) is 4.79 Å². The van der Waals surface area contributed by atoms with Crippen molar-refractivity contribution in [3.63, 3.8) is 0 Å².